The van der Waals surface area contributed by atoms with Crippen LogP contribution in [-0.4, -0.2) is 32.8 Å². The molecule has 1 amide bonds. The molecule has 2 aromatic carbocycles. The highest BCUT2D eigenvalue weighted by Gasteiger charge is 2.47. The number of hydrogen-bond donors (Lipinski definition) is 2. The number of carbonyl (C=O) groups is 2. The summed E-state index contributed by atoms with van der Waals surface area (Å²) in [4.78, 5) is 28.2. The molecule has 1 atom stereocenters. The summed E-state index contributed by atoms with van der Waals surface area (Å²) in [5.41, 5.74) is 1.13. The zero-order valence-corrected chi connectivity index (χ0v) is 17.3. The highest BCUT2D eigenvalue weighted by Crippen LogP contribution is 2.43. The van der Waals surface area contributed by atoms with Crippen molar-refractivity contribution in [2.75, 3.05) is 0 Å². The van der Waals surface area contributed by atoms with Crippen molar-refractivity contribution in [1.29, 1.82) is 0 Å². The summed E-state index contributed by atoms with van der Waals surface area (Å²) in [7, 11) is 0. The molecule has 31 heavy (non-hydrogen) atoms. The second kappa shape index (κ2) is 7.46. The molecule has 0 spiro atoms. The quantitative estimate of drug-likeness (QED) is 0.539. The number of furan rings is 1. The standard InChI is InChI=1S/C24H20ClNO5/c25-15-7-10-18-14(11-15)12-19(31-18)22(28)20-21(13-5-8-17(27)9-6-13)26(24(30)23(20)29)16-3-1-2-4-16/h5-12,16,21,27,29H,1-4H2. The summed E-state index contributed by atoms with van der Waals surface area (Å²) in [6, 6.07) is 12.1. The molecule has 2 heterocycles. The third-order valence-electron chi connectivity index (χ3n) is 6.12. The maximum absolute atomic E-state index is 13.5. The van der Waals surface area contributed by atoms with Gasteiger partial charge in [-0.05, 0) is 54.8 Å². The van der Waals surface area contributed by atoms with Gasteiger partial charge in [0.1, 0.15) is 11.3 Å². The first-order chi connectivity index (χ1) is 14.9. The van der Waals surface area contributed by atoms with Crippen LogP contribution in [0.15, 0.2) is 64.3 Å². The van der Waals surface area contributed by atoms with Crippen molar-refractivity contribution >= 4 is 34.3 Å². The number of carbonyl (C=O) groups excluding carboxylic acids is 2. The Kier molecular flexibility index (Phi) is 4.74. The summed E-state index contributed by atoms with van der Waals surface area (Å²) in [5, 5.41) is 21.7. The number of fused-ring (bicyclic) bond motifs is 1. The predicted molar refractivity (Wildman–Crippen MR) is 115 cm³/mol. The van der Waals surface area contributed by atoms with Crippen molar-refractivity contribution in [2.24, 2.45) is 0 Å². The van der Waals surface area contributed by atoms with Gasteiger partial charge in [-0.1, -0.05) is 36.6 Å². The van der Waals surface area contributed by atoms with E-state index in [4.69, 9.17) is 16.0 Å². The number of benzene rings is 2. The van der Waals surface area contributed by atoms with Crippen LogP contribution >= 0.6 is 11.6 Å². The maximum atomic E-state index is 13.5. The van der Waals surface area contributed by atoms with Gasteiger partial charge in [-0.15, -0.1) is 0 Å². The second-order valence-corrected chi connectivity index (χ2v) is 8.47. The molecule has 6 nitrogen and oxygen atoms in total. The average Bonchev–Trinajstić information content (AvgIpc) is 3.47. The van der Waals surface area contributed by atoms with Crippen molar-refractivity contribution in [2.45, 2.75) is 37.8 Å². The van der Waals surface area contributed by atoms with Crippen LogP contribution in [0.1, 0.15) is 47.8 Å². The Morgan fingerprint density at radius 2 is 1.74 bits per heavy atom. The highest BCUT2D eigenvalue weighted by atomic mass is 35.5. The lowest BCUT2D eigenvalue weighted by atomic mass is 9.94. The van der Waals surface area contributed by atoms with E-state index >= 15 is 0 Å². The number of aliphatic hydroxyl groups is 1. The van der Waals surface area contributed by atoms with E-state index in [1.165, 1.54) is 12.1 Å². The normalized spacial score (nSPS) is 19.7. The maximum Gasteiger partial charge on any atom is 0.290 e. The lowest BCUT2D eigenvalue weighted by molar-refractivity contribution is -0.131. The molecule has 3 aromatic rings. The number of Topliss-reactive ketones (excluding diaryl/α,β-unsaturated/α-hetero) is 1. The van der Waals surface area contributed by atoms with Gasteiger partial charge < -0.3 is 19.5 Å². The Morgan fingerprint density at radius 3 is 2.45 bits per heavy atom. The van der Waals surface area contributed by atoms with E-state index in [2.05, 4.69) is 0 Å². The third kappa shape index (κ3) is 3.27. The zero-order chi connectivity index (χ0) is 21.7. The Bertz CT molecular complexity index is 1220. The monoisotopic (exact) mass is 437 g/mol. The number of amides is 1. The van der Waals surface area contributed by atoms with Crippen LogP contribution in [0.2, 0.25) is 5.02 Å². The van der Waals surface area contributed by atoms with Gasteiger partial charge in [-0.2, -0.15) is 0 Å². The zero-order valence-electron chi connectivity index (χ0n) is 16.5. The van der Waals surface area contributed by atoms with E-state index in [1.807, 2.05) is 0 Å². The van der Waals surface area contributed by atoms with Crippen molar-refractivity contribution in [1.82, 2.24) is 4.90 Å². The van der Waals surface area contributed by atoms with E-state index in [0.717, 1.165) is 25.7 Å². The first-order valence-corrected chi connectivity index (χ1v) is 10.6. The van der Waals surface area contributed by atoms with Gasteiger partial charge in [0.15, 0.2) is 11.5 Å². The van der Waals surface area contributed by atoms with Crippen LogP contribution in [0.4, 0.5) is 0 Å². The van der Waals surface area contributed by atoms with Crippen LogP contribution in [0.25, 0.3) is 11.0 Å². The lowest BCUT2D eigenvalue weighted by Crippen LogP contribution is -2.38. The van der Waals surface area contributed by atoms with E-state index in [9.17, 15) is 19.8 Å². The van der Waals surface area contributed by atoms with Crippen molar-refractivity contribution in [3.8, 4) is 5.75 Å². The summed E-state index contributed by atoms with van der Waals surface area (Å²) < 4.78 is 5.72. The second-order valence-electron chi connectivity index (χ2n) is 8.03. The minimum absolute atomic E-state index is 0.00672. The van der Waals surface area contributed by atoms with Crippen molar-refractivity contribution in [3.63, 3.8) is 0 Å². The number of phenols is 1. The molecule has 0 saturated heterocycles. The molecule has 1 fully saturated rings. The summed E-state index contributed by atoms with van der Waals surface area (Å²) in [6.45, 7) is 0. The van der Waals surface area contributed by atoms with Gasteiger partial charge in [0, 0.05) is 16.5 Å². The molecule has 1 aliphatic carbocycles. The fraction of sp³-hybridized carbons (Fsp3) is 0.250. The summed E-state index contributed by atoms with van der Waals surface area (Å²) >= 11 is 6.04. The molecule has 0 bridgehead atoms. The van der Waals surface area contributed by atoms with E-state index < -0.39 is 23.5 Å². The lowest BCUT2D eigenvalue weighted by Gasteiger charge is -2.32. The number of aliphatic hydroxyl groups excluding tert-OH is 1. The van der Waals surface area contributed by atoms with E-state index in [0.29, 0.717) is 21.6 Å². The van der Waals surface area contributed by atoms with Crippen LogP contribution in [-0.2, 0) is 4.79 Å². The minimum atomic E-state index is -0.750. The fourth-order valence-corrected chi connectivity index (χ4v) is 4.84. The van der Waals surface area contributed by atoms with Crippen LogP contribution < -0.4 is 0 Å². The molecule has 1 unspecified atom stereocenters. The molecule has 5 rings (SSSR count). The number of rotatable bonds is 4. The molecule has 2 aliphatic rings. The number of nitrogens with zero attached hydrogens (tertiary/aromatic N) is 1. The van der Waals surface area contributed by atoms with Gasteiger partial charge in [0.2, 0.25) is 5.78 Å². The Labute approximate surface area is 183 Å². The van der Waals surface area contributed by atoms with Gasteiger partial charge in [-0.25, -0.2) is 0 Å². The largest absolute Gasteiger partial charge is 0.508 e. The Balaban J connectivity index is 1.61. The molecule has 2 N–H and O–H groups in total. The fourth-order valence-electron chi connectivity index (χ4n) is 4.66. The molecule has 1 saturated carbocycles. The Hall–Kier alpha value is -3.25. The Morgan fingerprint density at radius 1 is 1.03 bits per heavy atom. The minimum Gasteiger partial charge on any atom is -0.508 e. The van der Waals surface area contributed by atoms with E-state index in [-0.39, 0.29) is 23.1 Å². The topological polar surface area (TPSA) is 91.0 Å². The van der Waals surface area contributed by atoms with Gasteiger partial charge in [-0.3, -0.25) is 9.59 Å². The molecule has 7 heteroatoms. The average molecular weight is 438 g/mol. The van der Waals surface area contributed by atoms with Gasteiger partial charge in [0.05, 0.1) is 11.6 Å². The van der Waals surface area contributed by atoms with Gasteiger partial charge >= 0.3 is 0 Å². The van der Waals surface area contributed by atoms with Crippen molar-refractivity contribution < 1.29 is 24.2 Å². The molecule has 158 valence electrons. The molecular weight excluding hydrogens is 418 g/mol. The summed E-state index contributed by atoms with van der Waals surface area (Å²) in [5.74, 6) is -1.53. The SMILES string of the molecule is O=C(C1=C(O)C(=O)N(C2CCCC2)C1c1ccc(O)cc1)c1cc2cc(Cl)ccc2o1. The highest BCUT2D eigenvalue weighted by molar-refractivity contribution is 6.31. The van der Waals surface area contributed by atoms with E-state index in [1.54, 1.807) is 41.3 Å². The molecule has 1 aliphatic heterocycles. The van der Waals surface area contributed by atoms with Crippen LogP contribution in [0, 0.1) is 0 Å². The first kappa shape index (κ1) is 19.7. The van der Waals surface area contributed by atoms with Crippen LogP contribution in [0.5, 0.6) is 5.75 Å². The molecule has 0 radical (unpaired) electrons. The smallest absolute Gasteiger partial charge is 0.290 e. The van der Waals surface area contributed by atoms with Gasteiger partial charge in [0.25, 0.3) is 5.91 Å². The molecular formula is C24H20ClNO5. The number of halogens is 1. The number of ketones is 1. The number of aromatic hydroxyl groups is 1. The number of phenolic OH excluding ortho intramolecular Hbond substituents is 1. The first-order valence-electron chi connectivity index (χ1n) is 10.2. The number of hydrogen-bond acceptors (Lipinski definition) is 5. The van der Waals surface area contributed by atoms with Crippen molar-refractivity contribution in [3.05, 3.63) is 76.2 Å². The third-order valence-corrected chi connectivity index (χ3v) is 6.35. The summed E-state index contributed by atoms with van der Waals surface area (Å²) in [6.07, 6.45) is 3.62. The van der Waals surface area contributed by atoms with Crippen LogP contribution in [0.3, 0.4) is 0 Å². The molecule has 1 aromatic heterocycles. The predicted octanol–water partition coefficient (Wildman–Crippen LogP) is 5.31.